The van der Waals surface area contributed by atoms with Gasteiger partial charge in [0.2, 0.25) is 10.0 Å². The van der Waals surface area contributed by atoms with Gasteiger partial charge in [0.15, 0.2) is 0 Å². The Balaban J connectivity index is 2.02. The molecule has 6 heteroatoms. The van der Waals surface area contributed by atoms with Crippen molar-refractivity contribution >= 4 is 10.0 Å². The Morgan fingerprint density at radius 3 is 2.64 bits per heavy atom. The monoisotopic (exact) mass is 326 g/mol. The molecular weight excluding hydrogens is 300 g/mol. The van der Waals surface area contributed by atoms with Crippen LogP contribution in [0.5, 0.6) is 0 Å². The first-order valence-corrected chi connectivity index (χ1v) is 9.45. The zero-order valence-electron chi connectivity index (χ0n) is 13.5. The van der Waals surface area contributed by atoms with E-state index in [-0.39, 0.29) is 5.75 Å². The van der Waals surface area contributed by atoms with Crippen molar-refractivity contribution in [2.75, 3.05) is 45.1 Å². The summed E-state index contributed by atoms with van der Waals surface area (Å²) in [5, 5.41) is 0. The van der Waals surface area contributed by atoms with Crippen molar-refractivity contribution in [3.05, 3.63) is 35.4 Å². The highest BCUT2D eigenvalue weighted by atomic mass is 32.2. The smallest absolute Gasteiger partial charge is 0.214 e. The largest absolute Gasteiger partial charge is 0.379 e. The minimum Gasteiger partial charge on any atom is -0.379 e. The standard InChI is InChI=1S/C16H26N2O3S/c1-3-22(19,20)18(8-7-17-9-11-21-12-10-17)14-16-6-4-5-15(2)13-16/h4-6,13H,3,7-12,14H2,1-2H3. The summed E-state index contributed by atoms with van der Waals surface area (Å²) in [6.45, 7) is 8.69. The lowest BCUT2D eigenvalue weighted by atomic mass is 10.1. The number of hydrogen-bond donors (Lipinski definition) is 0. The van der Waals surface area contributed by atoms with Gasteiger partial charge in [-0.3, -0.25) is 4.90 Å². The van der Waals surface area contributed by atoms with Crippen LogP contribution in [0.4, 0.5) is 0 Å². The van der Waals surface area contributed by atoms with E-state index in [4.69, 9.17) is 4.74 Å². The lowest BCUT2D eigenvalue weighted by molar-refractivity contribution is 0.0361. The molecule has 0 radical (unpaired) electrons. The van der Waals surface area contributed by atoms with Gasteiger partial charge in [-0.1, -0.05) is 29.8 Å². The first kappa shape index (κ1) is 17.4. The SMILES string of the molecule is CCS(=O)(=O)N(CCN1CCOCC1)Cc1cccc(C)c1. The molecule has 0 aromatic heterocycles. The second-order valence-electron chi connectivity index (χ2n) is 5.68. The van der Waals surface area contributed by atoms with Crippen molar-refractivity contribution in [1.82, 2.24) is 9.21 Å². The molecule has 0 saturated carbocycles. The fourth-order valence-corrected chi connectivity index (χ4v) is 3.66. The molecule has 0 aliphatic carbocycles. The van der Waals surface area contributed by atoms with Crippen LogP contribution < -0.4 is 0 Å². The first-order chi connectivity index (χ1) is 10.5. The molecule has 0 bridgehead atoms. The fourth-order valence-electron chi connectivity index (χ4n) is 2.59. The zero-order valence-corrected chi connectivity index (χ0v) is 14.3. The van der Waals surface area contributed by atoms with Crippen LogP contribution in [0.3, 0.4) is 0 Å². The Bertz CT molecular complexity index is 569. The molecular formula is C16H26N2O3S. The molecule has 0 spiro atoms. The third kappa shape index (κ3) is 5.05. The van der Waals surface area contributed by atoms with Crippen LogP contribution in [-0.2, 0) is 21.3 Å². The molecule has 0 unspecified atom stereocenters. The number of rotatable bonds is 7. The summed E-state index contributed by atoms with van der Waals surface area (Å²) in [5.74, 6) is 0.141. The molecule has 1 heterocycles. The van der Waals surface area contributed by atoms with Crippen molar-refractivity contribution in [3.63, 3.8) is 0 Å². The van der Waals surface area contributed by atoms with Gasteiger partial charge in [0.1, 0.15) is 0 Å². The minimum atomic E-state index is -3.20. The number of morpholine rings is 1. The highest BCUT2D eigenvalue weighted by Gasteiger charge is 2.21. The third-order valence-corrected chi connectivity index (χ3v) is 5.80. The molecule has 0 atom stereocenters. The van der Waals surface area contributed by atoms with Crippen LogP contribution in [0.1, 0.15) is 18.1 Å². The summed E-state index contributed by atoms with van der Waals surface area (Å²) in [4.78, 5) is 2.26. The van der Waals surface area contributed by atoms with E-state index < -0.39 is 10.0 Å². The summed E-state index contributed by atoms with van der Waals surface area (Å²) in [6, 6.07) is 8.03. The van der Waals surface area contributed by atoms with Crippen LogP contribution in [0.2, 0.25) is 0 Å². The van der Waals surface area contributed by atoms with Crippen LogP contribution in [0.15, 0.2) is 24.3 Å². The van der Waals surface area contributed by atoms with E-state index in [2.05, 4.69) is 4.90 Å². The summed E-state index contributed by atoms with van der Waals surface area (Å²) in [7, 11) is -3.20. The highest BCUT2D eigenvalue weighted by molar-refractivity contribution is 7.89. The lowest BCUT2D eigenvalue weighted by Crippen LogP contribution is -2.43. The number of nitrogens with zero attached hydrogens (tertiary/aromatic N) is 2. The average molecular weight is 326 g/mol. The molecule has 124 valence electrons. The van der Waals surface area contributed by atoms with Gasteiger partial charge in [-0.25, -0.2) is 8.42 Å². The molecule has 1 fully saturated rings. The first-order valence-electron chi connectivity index (χ1n) is 7.85. The normalized spacial score (nSPS) is 17.0. The Kier molecular flexibility index (Phi) is 6.37. The summed E-state index contributed by atoms with van der Waals surface area (Å²) in [5.41, 5.74) is 2.19. The van der Waals surface area contributed by atoms with Gasteiger partial charge in [0, 0.05) is 32.7 Å². The van der Waals surface area contributed by atoms with Crippen LogP contribution >= 0.6 is 0 Å². The molecule has 22 heavy (non-hydrogen) atoms. The van der Waals surface area contributed by atoms with Crippen LogP contribution in [0, 0.1) is 6.92 Å². The van der Waals surface area contributed by atoms with Gasteiger partial charge in [-0.2, -0.15) is 4.31 Å². The van der Waals surface area contributed by atoms with Gasteiger partial charge in [0.25, 0.3) is 0 Å². The molecule has 2 rings (SSSR count). The second kappa shape index (κ2) is 8.06. The minimum absolute atomic E-state index is 0.141. The van der Waals surface area contributed by atoms with E-state index >= 15 is 0 Å². The summed E-state index contributed by atoms with van der Waals surface area (Å²) >= 11 is 0. The topological polar surface area (TPSA) is 49.9 Å². The molecule has 0 N–H and O–H groups in total. The second-order valence-corrected chi connectivity index (χ2v) is 7.93. The zero-order chi connectivity index (χ0) is 16.0. The van der Waals surface area contributed by atoms with E-state index in [1.54, 1.807) is 11.2 Å². The number of ether oxygens (including phenoxy) is 1. The Hall–Kier alpha value is -0.950. The van der Waals surface area contributed by atoms with Crippen molar-refractivity contribution in [2.45, 2.75) is 20.4 Å². The quantitative estimate of drug-likeness (QED) is 0.761. The molecule has 1 aromatic rings. The molecule has 1 saturated heterocycles. The lowest BCUT2D eigenvalue weighted by Gasteiger charge is -2.29. The maximum Gasteiger partial charge on any atom is 0.214 e. The number of hydrogen-bond acceptors (Lipinski definition) is 4. The van der Waals surface area contributed by atoms with Gasteiger partial charge < -0.3 is 4.74 Å². The van der Waals surface area contributed by atoms with Crippen molar-refractivity contribution < 1.29 is 13.2 Å². The van der Waals surface area contributed by atoms with Crippen molar-refractivity contribution in [1.29, 1.82) is 0 Å². The van der Waals surface area contributed by atoms with Gasteiger partial charge in [-0.15, -0.1) is 0 Å². The number of sulfonamides is 1. The molecule has 1 aliphatic rings. The van der Waals surface area contributed by atoms with E-state index in [9.17, 15) is 8.42 Å². The maximum atomic E-state index is 12.3. The molecule has 0 amide bonds. The fraction of sp³-hybridized carbons (Fsp3) is 0.625. The molecule has 1 aliphatic heterocycles. The van der Waals surface area contributed by atoms with Gasteiger partial charge >= 0.3 is 0 Å². The van der Waals surface area contributed by atoms with E-state index in [1.165, 1.54) is 0 Å². The number of aryl methyl sites for hydroxylation is 1. The Labute approximate surface area is 133 Å². The van der Waals surface area contributed by atoms with Gasteiger partial charge in [0.05, 0.1) is 19.0 Å². The van der Waals surface area contributed by atoms with Gasteiger partial charge in [-0.05, 0) is 19.4 Å². The summed E-state index contributed by atoms with van der Waals surface area (Å²) in [6.07, 6.45) is 0. The Morgan fingerprint density at radius 2 is 2.00 bits per heavy atom. The van der Waals surface area contributed by atoms with Crippen molar-refractivity contribution in [3.8, 4) is 0 Å². The van der Waals surface area contributed by atoms with Crippen LogP contribution in [-0.4, -0.2) is 62.8 Å². The predicted molar refractivity (Wildman–Crippen MR) is 88.3 cm³/mol. The molecule has 5 nitrogen and oxygen atoms in total. The maximum absolute atomic E-state index is 12.3. The van der Waals surface area contributed by atoms with E-state index in [0.717, 1.165) is 44.0 Å². The van der Waals surface area contributed by atoms with E-state index in [1.807, 2.05) is 31.2 Å². The van der Waals surface area contributed by atoms with Crippen molar-refractivity contribution in [2.24, 2.45) is 0 Å². The average Bonchev–Trinajstić information content (AvgIpc) is 2.52. The third-order valence-electron chi connectivity index (χ3n) is 3.97. The predicted octanol–water partition coefficient (Wildman–Crippen LogP) is 1.48. The molecule has 1 aromatic carbocycles. The highest BCUT2D eigenvalue weighted by Crippen LogP contribution is 2.12. The van der Waals surface area contributed by atoms with Crippen LogP contribution in [0.25, 0.3) is 0 Å². The number of benzene rings is 1. The summed E-state index contributed by atoms with van der Waals surface area (Å²) < 4.78 is 31.6. The van der Waals surface area contributed by atoms with E-state index in [0.29, 0.717) is 13.1 Å². The Morgan fingerprint density at radius 1 is 1.27 bits per heavy atom.